The Kier molecular flexibility index (Phi) is 3.93. The quantitative estimate of drug-likeness (QED) is 0.877. The van der Waals surface area contributed by atoms with Crippen molar-refractivity contribution in [2.75, 3.05) is 0 Å². The van der Waals surface area contributed by atoms with Crippen LogP contribution in [0, 0.1) is 0 Å². The van der Waals surface area contributed by atoms with Gasteiger partial charge in [0.1, 0.15) is 0 Å². The third kappa shape index (κ3) is 2.48. The first kappa shape index (κ1) is 15.9. The van der Waals surface area contributed by atoms with Crippen LogP contribution in [0.25, 0.3) is 0 Å². The molecule has 2 aromatic rings. The number of carboxylic acids is 1. The normalized spacial score (nSPS) is 21.8. The lowest BCUT2D eigenvalue weighted by Gasteiger charge is -2.26. The molecule has 1 heterocycles. The molecular weight excluding hydrogens is 306 g/mol. The molecule has 122 valence electrons. The molecule has 2 unspecified atom stereocenters. The fourth-order valence-corrected chi connectivity index (χ4v) is 3.17. The Labute approximate surface area is 139 Å². The second kappa shape index (κ2) is 5.92. The predicted octanol–water partition coefficient (Wildman–Crippen LogP) is 2.53. The molecule has 2 amide bonds. The van der Waals surface area contributed by atoms with E-state index in [1.165, 1.54) is 0 Å². The van der Waals surface area contributed by atoms with Gasteiger partial charge in [0.15, 0.2) is 6.04 Å². The minimum atomic E-state index is -1.31. The van der Waals surface area contributed by atoms with Crippen LogP contribution in [0.5, 0.6) is 0 Å². The molecule has 0 saturated carbocycles. The van der Waals surface area contributed by atoms with Crippen LogP contribution < -0.4 is 0 Å². The average Bonchev–Trinajstić information content (AvgIpc) is 2.81. The summed E-state index contributed by atoms with van der Waals surface area (Å²) < 4.78 is 0. The molecule has 0 aromatic heterocycles. The maximum atomic E-state index is 13.0. The Hall–Kier alpha value is -2.95. The van der Waals surface area contributed by atoms with Crippen LogP contribution >= 0.6 is 0 Å². The van der Waals surface area contributed by atoms with Crippen molar-refractivity contribution in [2.45, 2.75) is 24.8 Å². The fourth-order valence-electron chi connectivity index (χ4n) is 3.17. The largest absolute Gasteiger partial charge is 0.479 e. The standard InChI is InChI=1S/C19H17NO4/c1-19(14-10-6-3-7-11-14)12-15(21)20(18(19)24)16(17(22)23)13-8-4-2-5-9-13/h2-11,16H,12H2,1H3,(H,22,23). The molecule has 1 N–H and O–H groups in total. The van der Waals surface area contributed by atoms with Gasteiger partial charge >= 0.3 is 5.97 Å². The molecule has 0 bridgehead atoms. The lowest BCUT2D eigenvalue weighted by molar-refractivity contribution is -0.155. The molecule has 1 saturated heterocycles. The van der Waals surface area contributed by atoms with Crippen molar-refractivity contribution in [1.82, 2.24) is 4.90 Å². The summed E-state index contributed by atoms with van der Waals surface area (Å²) >= 11 is 0. The fraction of sp³-hybridized carbons (Fsp3) is 0.211. The smallest absolute Gasteiger partial charge is 0.331 e. The molecule has 1 aliphatic rings. The monoisotopic (exact) mass is 323 g/mol. The molecule has 0 aliphatic carbocycles. The van der Waals surface area contributed by atoms with E-state index in [0.717, 1.165) is 4.90 Å². The molecule has 1 aliphatic heterocycles. The highest BCUT2D eigenvalue weighted by Crippen LogP contribution is 2.40. The van der Waals surface area contributed by atoms with Crippen molar-refractivity contribution in [2.24, 2.45) is 0 Å². The van der Waals surface area contributed by atoms with Crippen molar-refractivity contribution in [3.63, 3.8) is 0 Å². The molecule has 5 heteroatoms. The number of nitrogens with zero attached hydrogens (tertiary/aromatic N) is 1. The van der Waals surface area contributed by atoms with E-state index in [0.29, 0.717) is 11.1 Å². The topological polar surface area (TPSA) is 74.7 Å². The van der Waals surface area contributed by atoms with Crippen molar-refractivity contribution >= 4 is 17.8 Å². The van der Waals surface area contributed by atoms with Gasteiger partial charge in [-0.25, -0.2) is 4.79 Å². The Morgan fingerprint density at radius 2 is 1.58 bits per heavy atom. The summed E-state index contributed by atoms with van der Waals surface area (Å²) in [5.41, 5.74) is 0.0768. The molecule has 24 heavy (non-hydrogen) atoms. The van der Waals surface area contributed by atoms with E-state index >= 15 is 0 Å². The number of aliphatic carboxylic acids is 1. The zero-order chi connectivity index (χ0) is 17.3. The van der Waals surface area contributed by atoms with E-state index in [-0.39, 0.29) is 6.42 Å². The maximum absolute atomic E-state index is 13.0. The third-order valence-corrected chi connectivity index (χ3v) is 4.48. The number of carbonyl (C=O) groups is 3. The van der Waals surface area contributed by atoms with E-state index in [2.05, 4.69) is 0 Å². The second-order valence-electron chi connectivity index (χ2n) is 6.10. The molecule has 1 fully saturated rings. The molecule has 2 atom stereocenters. The number of hydrogen-bond acceptors (Lipinski definition) is 3. The van der Waals surface area contributed by atoms with Crippen LogP contribution in [0.4, 0.5) is 0 Å². The van der Waals surface area contributed by atoms with Gasteiger partial charge in [0.25, 0.3) is 0 Å². The first-order chi connectivity index (χ1) is 11.4. The lowest BCUT2D eigenvalue weighted by Crippen LogP contribution is -2.42. The van der Waals surface area contributed by atoms with Gasteiger partial charge in [-0.1, -0.05) is 60.7 Å². The van der Waals surface area contributed by atoms with Crippen molar-refractivity contribution in [3.05, 3.63) is 71.8 Å². The van der Waals surface area contributed by atoms with Crippen LogP contribution in [0.3, 0.4) is 0 Å². The zero-order valence-electron chi connectivity index (χ0n) is 13.2. The van der Waals surface area contributed by atoms with Crippen molar-refractivity contribution in [3.8, 4) is 0 Å². The number of carbonyl (C=O) groups excluding carboxylic acids is 2. The predicted molar refractivity (Wildman–Crippen MR) is 87.1 cm³/mol. The van der Waals surface area contributed by atoms with Crippen LogP contribution in [0.15, 0.2) is 60.7 Å². The summed E-state index contributed by atoms with van der Waals surface area (Å²) in [5, 5.41) is 9.62. The summed E-state index contributed by atoms with van der Waals surface area (Å²) in [7, 11) is 0. The minimum absolute atomic E-state index is 0.0353. The maximum Gasteiger partial charge on any atom is 0.331 e. The molecular formula is C19H17NO4. The summed E-state index contributed by atoms with van der Waals surface area (Å²) in [4.78, 5) is 38.2. The van der Waals surface area contributed by atoms with E-state index in [1.807, 2.05) is 6.07 Å². The Balaban J connectivity index is 2.04. The highest BCUT2D eigenvalue weighted by molar-refractivity contribution is 6.11. The Morgan fingerprint density at radius 3 is 2.12 bits per heavy atom. The second-order valence-corrected chi connectivity index (χ2v) is 6.10. The minimum Gasteiger partial charge on any atom is -0.479 e. The van der Waals surface area contributed by atoms with E-state index in [4.69, 9.17) is 0 Å². The molecule has 0 radical (unpaired) electrons. The number of hydrogen-bond donors (Lipinski definition) is 1. The number of amides is 2. The van der Waals surface area contributed by atoms with Gasteiger partial charge in [-0.2, -0.15) is 0 Å². The zero-order valence-corrected chi connectivity index (χ0v) is 13.2. The SMILES string of the molecule is CC1(c2ccccc2)CC(=O)N(C(C(=O)O)c2ccccc2)C1=O. The van der Waals surface area contributed by atoms with Crippen LogP contribution in [-0.4, -0.2) is 27.8 Å². The summed E-state index contributed by atoms with van der Waals surface area (Å²) in [5.74, 6) is -2.17. The van der Waals surface area contributed by atoms with Gasteiger partial charge in [-0.3, -0.25) is 14.5 Å². The van der Waals surface area contributed by atoms with Gasteiger partial charge in [-0.05, 0) is 18.1 Å². The average molecular weight is 323 g/mol. The highest BCUT2D eigenvalue weighted by atomic mass is 16.4. The lowest BCUT2D eigenvalue weighted by atomic mass is 9.81. The van der Waals surface area contributed by atoms with E-state index < -0.39 is 29.2 Å². The molecule has 5 nitrogen and oxygen atoms in total. The first-order valence-electron chi connectivity index (χ1n) is 7.65. The van der Waals surface area contributed by atoms with Gasteiger partial charge in [0.05, 0.1) is 5.41 Å². The van der Waals surface area contributed by atoms with Gasteiger partial charge in [0, 0.05) is 6.42 Å². The first-order valence-corrected chi connectivity index (χ1v) is 7.65. The number of benzene rings is 2. The number of imide groups is 1. The molecule has 3 rings (SSSR count). The van der Waals surface area contributed by atoms with Crippen molar-refractivity contribution < 1.29 is 19.5 Å². The van der Waals surface area contributed by atoms with Crippen LogP contribution in [0.2, 0.25) is 0 Å². The highest BCUT2D eigenvalue weighted by Gasteiger charge is 2.53. The molecule has 2 aromatic carbocycles. The van der Waals surface area contributed by atoms with Gasteiger partial charge < -0.3 is 5.11 Å². The number of carboxylic acid groups (broad SMARTS) is 1. The Bertz CT molecular complexity index is 788. The number of likely N-dealkylation sites (tertiary alicyclic amines) is 1. The van der Waals surface area contributed by atoms with Gasteiger partial charge in [0.2, 0.25) is 11.8 Å². The van der Waals surface area contributed by atoms with Crippen LogP contribution in [0.1, 0.15) is 30.5 Å². The van der Waals surface area contributed by atoms with E-state index in [9.17, 15) is 19.5 Å². The summed E-state index contributed by atoms with van der Waals surface area (Å²) in [6.45, 7) is 1.69. The summed E-state index contributed by atoms with van der Waals surface area (Å²) in [6, 6.07) is 16.0. The van der Waals surface area contributed by atoms with Crippen LogP contribution in [-0.2, 0) is 19.8 Å². The number of rotatable bonds is 4. The Morgan fingerprint density at radius 1 is 1.04 bits per heavy atom. The molecule has 0 spiro atoms. The van der Waals surface area contributed by atoms with E-state index in [1.54, 1.807) is 61.5 Å². The summed E-state index contributed by atoms with van der Waals surface area (Å²) in [6.07, 6.45) is -0.0353. The van der Waals surface area contributed by atoms with Gasteiger partial charge in [-0.15, -0.1) is 0 Å². The third-order valence-electron chi connectivity index (χ3n) is 4.48. The van der Waals surface area contributed by atoms with Crippen molar-refractivity contribution in [1.29, 1.82) is 0 Å².